The van der Waals surface area contributed by atoms with Gasteiger partial charge in [-0.05, 0) is 30.7 Å². The van der Waals surface area contributed by atoms with Gasteiger partial charge in [0, 0.05) is 13.0 Å². The number of benzene rings is 1. The van der Waals surface area contributed by atoms with Crippen LogP contribution in [0.5, 0.6) is 0 Å². The molecule has 1 aromatic rings. The predicted molar refractivity (Wildman–Crippen MR) is 67.4 cm³/mol. The van der Waals surface area contributed by atoms with Gasteiger partial charge in [0.15, 0.2) is 6.61 Å². The van der Waals surface area contributed by atoms with Crippen LogP contribution in [0, 0.1) is 17.1 Å². The molecule has 0 aliphatic rings. The molecule has 0 fully saturated rings. The summed E-state index contributed by atoms with van der Waals surface area (Å²) in [6.45, 7) is -0.276. The van der Waals surface area contributed by atoms with Crippen molar-refractivity contribution in [2.75, 3.05) is 13.2 Å². The van der Waals surface area contributed by atoms with Gasteiger partial charge in [0.1, 0.15) is 11.9 Å². The Morgan fingerprint density at radius 2 is 2.00 bits per heavy atom. The number of sulfonamides is 1. The minimum atomic E-state index is -3.71. The van der Waals surface area contributed by atoms with Crippen LogP contribution in [0.25, 0.3) is 0 Å². The lowest BCUT2D eigenvalue weighted by atomic mass is 10.3. The van der Waals surface area contributed by atoms with Crippen molar-refractivity contribution in [2.24, 2.45) is 0 Å². The first kappa shape index (κ1) is 16.1. The molecule has 0 heterocycles. The van der Waals surface area contributed by atoms with Crippen LogP contribution in [-0.4, -0.2) is 27.5 Å². The lowest BCUT2D eigenvalue weighted by Crippen LogP contribution is -2.25. The molecule has 0 atom stereocenters. The highest BCUT2D eigenvalue weighted by molar-refractivity contribution is 7.89. The maximum atomic E-state index is 12.7. The van der Waals surface area contributed by atoms with Crippen LogP contribution in [0.4, 0.5) is 4.39 Å². The van der Waals surface area contributed by atoms with Gasteiger partial charge in [-0.3, -0.25) is 4.79 Å². The SMILES string of the molecule is N#CCOC(=O)CCCNS(=O)(=O)c1ccc(F)cc1. The molecule has 0 saturated carbocycles. The molecule has 0 bridgehead atoms. The normalized spacial score (nSPS) is 10.8. The Hall–Kier alpha value is -1.98. The monoisotopic (exact) mass is 300 g/mol. The lowest BCUT2D eigenvalue weighted by molar-refractivity contribution is -0.142. The smallest absolute Gasteiger partial charge is 0.306 e. The summed E-state index contributed by atoms with van der Waals surface area (Å²) in [6.07, 6.45) is 0.248. The van der Waals surface area contributed by atoms with E-state index in [9.17, 15) is 17.6 Å². The first-order valence-electron chi connectivity index (χ1n) is 5.73. The largest absolute Gasteiger partial charge is 0.450 e. The number of halogens is 1. The summed E-state index contributed by atoms with van der Waals surface area (Å²) in [5.74, 6) is -1.09. The van der Waals surface area contributed by atoms with Gasteiger partial charge in [0.05, 0.1) is 4.90 Å². The standard InChI is InChI=1S/C12H13FN2O4S/c13-10-3-5-11(6-4-10)20(17,18)15-8-1-2-12(16)19-9-7-14/h3-6,15H,1-2,8-9H2. The minimum absolute atomic E-state index is 0.00756. The van der Waals surface area contributed by atoms with E-state index < -0.39 is 21.8 Å². The van der Waals surface area contributed by atoms with E-state index in [4.69, 9.17) is 5.26 Å². The Balaban J connectivity index is 2.39. The maximum Gasteiger partial charge on any atom is 0.306 e. The van der Waals surface area contributed by atoms with Crippen molar-refractivity contribution < 1.29 is 22.3 Å². The minimum Gasteiger partial charge on any atom is -0.450 e. The van der Waals surface area contributed by atoms with Gasteiger partial charge in [-0.1, -0.05) is 0 Å². The predicted octanol–water partition coefficient (Wildman–Crippen LogP) is 0.951. The summed E-state index contributed by atoms with van der Waals surface area (Å²) in [7, 11) is -3.71. The molecule has 108 valence electrons. The van der Waals surface area contributed by atoms with Gasteiger partial charge in [0.2, 0.25) is 10.0 Å². The number of carbonyl (C=O) groups excluding carboxylic acids is 1. The Morgan fingerprint density at radius 1 is 1.35 bits per heavy atom. The molecule has 1 N–H and O–H groups in total. The highest BCUT2D eigenvalue weighted by Crippen LogP contribution is 2.09. The summed E-state index contributed by atoms with van der Waals surface area (Å²) in [5.41, 5.74) is 0. The third-order valence-corrected chi connectivity index (χ3v) is 3.75. The second-order valence-electron chi connectivity index (χ2n) is 3.77. The van der Waals surface area contributed by atoms with Gasteiger partial charge in [-0.15, -0.1) is 0 Å². The number of nitrogens with one attached hydrogen (secondary N) is 1. The van der Waals surface area contributed by atoms with E-state index >= 15 is 0 Å². The lowest BCUT2D eigenvalue weighted by Gasteiger charge is -2.06. The van der Waals surface area contributed by atoms with E-state index in [2.05, 4.69) is 9.46 Å². The fourth-order valence-corrected chi connectivity index (χ4v) is 2.40. The van der Waals surface area contributed by atoms with E-state index in [1.54, 1.807) is 6.07 Å². The quantitative estimate of drug-likeness (QED) is 0.597. The molecular weight excluding hydrogens is 287 g/mol. The highest BCUT2D eigenvalue weighted by Gasteiger charge is 2.13. The second kappa shape index (κ2) is 7.57. The maximum absolute atomic E-state index is 12.7. The molecule has 1 aromatic carbocycles. The fourth-order valence-electron chi connectivity index (χ4n) is 1.32. The molecule has 8 heteroatoms. The second-order valence-corrected chi connectivity index (χ2v) is 5.54. The average molecular weight is 300 g/mol. The van der Waals surface area contributed by atoms with Crippen molar-refractivity contribution in [3.63, 3.8) is 0 Å². The van der Waals surface area contributed by atoms with Gasteiger partial charge in [-0.2, -0.15) is 5.26 Å². The molecular formula is C12H13FN2O4S. The van der Waals surface area contributed by atoms with Crippen LogP contribution in [-0.2, 0) is 19.6 Å². The van der Waals surface area contributed by atoms with Crippen LogP contribution in [0.2, 0.25) is 0 Å². The zero-order chi connectivity index (χ0) is 15.0. The molecule has 1 rings (SSSR count). The van der Waals surface area contributed by atoms with Crippen molar-refractivity contribution in [1.82, 2.24) is 4.72 Å². The Morgan fingerprint density at radius 3 is 2.60 bits per heavy atom. The first-order valence-corrected chi connectivity index (χ1v) is 7.22. The Labute approximate surface area is 116 Å². The zero-order valence-electron chi connectivity index (χ0n) is 10.5. The number of nitriles is 1. The summed E-state index contributed by atoms with van der Waals surface area (Å²) >= 11 is 0. The van der Waals surface area contributed by atoms with E-state index in [1.165, 1.54) is 0 Å². The molecule has 0 aliphatic carbocycles. The van der Waals surface area contributed by atoms with Gasteiger partial charge in [-0.25, -0.2) is 17.5 Å². The van der Waals surface area contributed by atoms with Crippen LogP contribution >= 0.6 is 0 Å². The summed E-state index contributed by atoms with van der Waals surface area (Å²) < 4.78 is 43.0. The number of carbonyl (C=O) groups is 1. The summed E-state index contributed by atoms with van der Waals surface area (Å²) in [4.78, 5) is 11.0. The number of hydrogen-bond acceptors (Lipinski definition) is 5. The number of esters is 1. The van der Waals surface area contributed by atoms with Crippen molar-refractivity contribution in [3.8, 4) is 6.07 Å². The van der Waals surface area contributed by atoms with Gasteiger partial charge < -0.3 is 4.74 Å². The third-order valence-electron chi connectivity index (χ3n) is 2.27. The molecule has 0 spiro atoms. The number of nitrogens with zero attached hydrogens (tertiary/aromatic N) is 1. The fraction of sp³-hybridized carbons (Fsp3) is 0.333. The van der Waals surface area contributed by atoms with Crippen LogP contribution in [0.1, 0.15) is 12.8 Å². The average Bonchev–Trinajstić information content (AvgIpc) is 2.42. The van der Waals surface area contributed by atoms with E-state index in [-0.39, 0.29) is 30.9 Å². The first-order chi connectivity index (χ1) is 9.45. The highest BCUT2D eigenvalue weighted by atomic mass is 32.2. The van der Waals surface area contributed by atoms with Gasteiger partial charge >= 0.3 is 5.97 Å². The van der Waals surface area contributed by atoms with E-state index in [0.717, 1.165) is 24.3 Å². The molecule has 0 amide bonds. The summed E-state index contributed by atoms with van der Waals surface area (Å²) in [5, 5.41) is 8.19. The van der Waals surface area contributed by atoms with Crippen molar-refractivity contribution in [1.29, 1.82) is 5.26 Å². The van der Waals surface area contributed by atoms with Crippen LogP contribution < -0.4 is 4.72 Å². The van der Waals surface area contributed by atoms with Crippen LogP contribution in [0.3, 0.4) is 0 Å². The topological polar surface area (TPSA) is 96.3 Å². The van der Waals surface area contributed by atoms with E-state index in [1.807, 2.05) is 0 Å². The third kappa shape index (κ3) is 5.34. The van der Waals surface area contributed by atoms with Crippen molar-refractivity contribution >= 4 is 16.0 Å². The Bertz CT molecular complexity index is 593. The summed E-state index contributed by atoms with van der Waals surface area (Å²) in [6, 6.07) is 6.06. The Kier molecular flexibility index (Phi) is 6.09. The zero-order valence-corrected chi connectivity index (χ0v) is 11.3. The number of ether oxygens (including phenoxy) is 1. The number of hydrogen-bond donors (Lipinski definition) is 1. The number of rotatable bonds is 7. The molecule has 0 radical (unpaired) electrons. The van der Waals surface area contributed by atoms with Crippen molar-refractivity contribution in [2.45, 2.75) is 17.7 Å². The molecule has 6 nitrogen and oxygen atoms in total. The van der Waals surface area contributed by atoms with Gasteiger partial charge in [0.25, 0.3) is 0 Å². The molecule has 0 saturated heterocycles. The molecule has 20 heavy (non-hydrogen) atoms. The molecule has 0 aliphatic heterocycles. The van der Waals surface area contributed by atoms with Crippen LogP contribution in [0.15, 0.2) is 29.2 Å². The molecule has 0 aromatic heterocycles. The van der Waals surface area contributed by atoms with Crippen molar-refractivity contribution in [3.05, 3.63) is 30.1 Å². The van der Waals surface area contributed by atoms with E-state index in [0.29, 0.717) is 0 Å². The molecule has 0 unspecified atom stereocenters.